The van der Waals surface area contributed by atoms with Crippen molar-refractivity contribution in [2.75, 3.05) is 12.3 Å². The third kappa shape index (κ3) is 3.18. The van der Waals surface area contributed by atoms with Crippen molar-refractivity contribution in [3.8, 4) is 0 Å². The average Bonchev–Trinajstić information content (AvgIpc) is 3.01. The minimum absolute atomic E-state index is 0.285. The Labute approximate surface area is 147 Å². The SMILES string of the molecule is Cc1ccc2nc(SCC(=O)N3CCC[C@H]4CCCC[C@H]43)[nH]c2c1. The van der Waals surface area contributed by atoms with Crippen LogP contribution in [0, 0.1) is 12.8 Å². The van der Waals surface area contributed by atoms with Crippen LogP contribution in [0.1, 0.15) is 44.1 Å². The van der Waals surface area contributed by atoms with Gasteiger partial charge < -0.3 is 9.88 Å². The van der Waals surface area contributed by atoms with Crippen LogP contribution in [0.5, 0.6) is 0 Å². The van der Waals surface area contributed by atoms with Crippen LogP contribution in [0.25, 0.3) is 11.0 Å². The molecule has 2 heterocycles. The molecule has 2 aliphatic rings. The van der Waals surface area contributed by atoms with Crippen molar-refractivity contribution in [2.45, 2.75) is 56.6 Å². The fourth-order valence-corrected chi connectivity index (χ4v) is 5.09. The predicted octanol–water partition coefficient (Wildman–Crippen LogP) is 4.14. The van der Waals surface area contributed by atoms with Gasteiger partial charge in [0.15, 0.2) is 5.16 Å². The van der Waals surface area contributed by atoms with E-state index in [0.29, 0.717) is 11.8 Å². The first-order valence-corrected chi connectivity index (χ1v) is 10.1. The van der Waals surface area contributed by atoms with Crippen molar-refractivity contribution < 1.29 is 4.79 Å². The molecule has 2 fully saturated rings. The Bertz CT molecular complexity index is 739. The number of nitrogens with one attached hydrogen (secondary N) is 1. The lowest BCUT2D eigenvalue weighted by Crippen LogP contribution is -2.50. The van der Waals surface area contributed by atoms with Gasteiger partial charge in [0.2, 0.25) is 5.91 Å². The first kappa shape index (κ1) is 16.0. The lowest BCUT2D eigenvalue weighted by Gasteiger charge is -2.44. The van der Waals surface area contributed by atoms with Gasteiger partial charge in [0, 0.05) is 12.6 Å². The van der Waals surface area contributed by atoms with E-state index < -0.39 is 0 Å². The Kier molecular flexibility index (Phi) is 4.53. The van der Waals surface area contributed by atoms with Crippen LogP contribution in [0.2, 0.25) is 0 Å². The van der Waals surface area contributed by atoms with Crippen LogP contribution in [0.3, 0.4) is 0 Å². The van der Waals surface area contributed by atoms with Gasteiger partial charge in [-0.2, -0.15) is 0 Å². The van der Waals surface area contributed by atoms with E-state index in [2.05, 4.69) is 33.9 Å². The molecule has 24 heavy (non-hydrogen) atoms. The highest BCUT2D eigenvalue weighted by Gasteiger charge is 2.35. The maximum atomic E-state index is 12.8. The number of imidazole rings is 1. The Balaban J connectivity index is 1.41. The second kappa shape index (κ2) is 6.79. The fourth-order valence-electron chi connectivity index (χ4n) is 4.32. The third-order valence-electron chi connectivity index (χ3n) is 5.51. The van der Waals surface area contributed by atoms with Gasteiger partial charge in [-0.1, -0.05) is 30.7 Å². The number of amides is 1. The molecule has 4 rings (SSSR count). The monoisotopic (exact) mass is 343 g/mol. The summed E-state index contributed by atoms with van der Waals surface area (Å²) in [5.41, 5.74) is 3.24. The normalized spacial score (nSPS) is 24.1. The second-order valence-corrected chi connectivity index (χ2v) is 8.16. The molecular formula is C19H25N3OS. The van der Waals surface area contributed by atoms with Crippen molar-refractivity contribution in [2.24, 2.45) is 5.92 Å². The number of rotatable bonds is 3. The van der Waals surface area contributed by atoms with Gasteiger partial charge in [0.25, 0.3) is 0 Å². The van der Waals surface area contributed by atoms with Crippen LogP contribution in [0.4, 0.5) is 0 Å². The highest BCUT2D eigenvalue weighted by atomic mass is 32.2. The molecule has 1 aromatic heterocycles. The topological polar surface area (TPSA) is 49.0 Å². The first-order valence-electron chi connectivity index (χ1n) is 9.09. The van der Waals surface area contributed by atoms with Gasteiger partial charge in [-0.25, -0.2) is 4.98 Å². The summed E-state index contributed by atoms with van der Waals surface area (Å²) in [6, 6.07) is 6.70. The highest BCUT2D eigenvalue weighted by molar-refractivity contribution is 7.99. The highest BCUT2D eigenvalue weighted by Crippen LogP contribution is 2.35. The number of hydrogen-bond donors (Lipinski definition) is 1. The van der Waals surface area contributed by atoms with Gasteiger partial charge in [0.05, 0.1) is 16.8 Å². The van der Waals surface area contributed by atoms with E-state index in [9.17, 15) is 4.79 Å². The molecule has 128 valence electrons. The number of carbonyl (C=O) groups excluding carboxylic acids is 1. The van der Waals surface area contributed by atoms with Crippen molar-refractivity contribution in [3.63, 3.8) is 0 Å². The van der Waals surface area contributed by atoms with Gasteiger partial charge >= 0.3 is 0 Å². The number of aromatic nitrogens is 2. The van der Waals surface area contributed by atoms with E-state index in [4.69, 9.17) is 0 Å². The molecule has 5 heteroatoms. The smallest absolute Gasteiger partial charge is 0.233 e. The molecule has 0 radical (unpaired) electrons. The first-order chi connectivity index (χ1) is 11.7. The third-order valence-corrected chi connectivity index (χ3v) is 6.37. The maximum Gasteiger partial charge on any atom is 0.233 e. The van der Waals surface area contributed by atoms with Crippen molar-refractivity contribution in [1.29, 1.82) is 0 Å². The van der Waals surface area contributed by atoms with E-state index in [1.807, 2.05) is 6.07 Å². The predicted molar refractivity (Wildman–Crippen MR) is 98.2 cm³/mol. The lowest BCUT2D eigenvalue weighted by molar-refractivity contribution is -0.134. The molecule has 1 aliphatic carbocycles. The molecule has 0 spiro atoms. The minimum atomic E-state index is 0.285. The van der Waals surface area contributed by atoms with E-state index in [1.165, 1.54) is 55.9 Å². The van der Waals surface area contributed by atoms with Gasteiger partial charge in [-0.05, 0) is 56.2 Å². The van der Waals surface area contributed by atoms with Crippen LogP contribution >= 0.6 is 11.8 Å². The quantitative estimate of drug-likeness (QED) is 0.852. The number of H-pyrrole nitrogens is 1. The molecule has 1 amide bonds. The van der Waals surface area contributed by atoms with Crippen LogP contribution in [0.15, 0.2) is 23.4 Å². The Morgan fingerprint density at radius 3 is 3.04 bits per heavy atom. The van der Waals surface area contributed by atoms with Gasteiger partial charge in [-0.3, -0.25) is 4.79 Å². The molecule has 1 N–H and O–H groups in total. The van der Waals surface area contributed by atoms with Gasteiger partial charge in [-0.15, -0.1) is 0 Å². The summed E-state index contributed by atoms with van der Waals surface area (Å²) in [6.07, 6.45) is 7.61. The molecule has 2 atom stereocenters. The summed E-state index contributed by atoms with van der Waals surface area (Å²) >= 11 is 1.54. The number of thioether (sulfide) groups is 1. The lowest BCUT2D eigenvalue weighted by atomic mass is 9.78. The Morgan fingerprint density at radius 1 is 1.29 bits per heavy atom. The fraction of sp³-hybridized carbons (Fsp3) is 0.579. The molecule has 0 unspecified atom stereocenters. The summed E-state index contributed by atoms with van der Waals surface area (Å²) < 4.78 is 0. The molecule has 4 nitrogen and oxygen atoms in total. The largest absolute Gasteiger partial charge is 0.339 e. The summed E-state index contributed by atoms with van der Waals surface area (Å²) in [5, 5.41) is 0.848. The van der Waals surface area contributed by atoms with Crippen molar-refractivity contribution in [1.82, 2.24) is 14.9 Å². The molecule has 2 aromatic rings. The number of likely N-dealkylation sites (tertiary alicyclic amines) is 1. The van der Waals surface area contributed by atoms with Crippen LogP contribution < -0.4 is 0 Å². The summed E-state index contributed by atoms with van der Waals surface area (Å²) in [6.45, 7) is 3.02. The summed E-state index contributed by atoms with van der Waals surface area (Å²) in [7, 11) is 0. The standard InChI is InChI=1S/C19H25N3OS/c1-13-8-9-15-16(11-13)21-19(20-15)24-12-18(23)22-10-4-6-14-5-2-3-7-17(14)22/h8-9,11,14,17H,2-7,10,12H2,1H3,(H,20,21)/t14-,17-/m1/s1. The number of fused-ring (bicyclic) bond motifs is 2. The van der Waals surface area contributed by atoms with Crippen molar-refractivity contribution in [3.05, 3.63) is 23.8 Å². The molecule has 1 saturated carbocycles. The number of hydrogen-bond acceptors (Lipinski definition) is 3. The van der Waals surface area contributed by atoms with E-state index in [0.717, 1.165) is 28.7 Å². The second-order valence-electron chi connectivity index (χ2n) is 7.19. The number of aromatic amines is 1. The maximum absolute atomic E-state index is 12.8. The zero-order chi connectivity index (χ0) is 16.5. The van der Waals surface area contributed by atoms with E-state index in [1.54, 1.807) is 0 Å². The molecular weight excluding hydrogens is 318 g/mol. The number of benzene rings is 1. The zero-order valence-electron chi connectivity index (χ0n) is 14.3. The number of carbonyl (C=O) groups is 1. The summed E-state index contributed by atoms with van der Waals surface area (Å²) in [5.74, 6) is 1.52. The van der Waals surface area contributed by atoms with Crippen molar-refractivity contribution >= 4 is 28.7 Å². The van der Waals surface area contributed by atoms with Crippen LogP contribution in [-0.2, 0) is 4.79 Å². The van der Waals surface area contributed by atoms with E-state index >= 15 is 0 Å². The summed E-state index contributed by atoms with van der Waals surface area (Å²) in [4.78, 5) is 22.9. The average molecular weight is 343 g/mol. The molecule has 1 aliphatic heterocycles. The minimum Gasteiger partial charge on any atom is -0.339 e. The van der Waals surface area contributed by atoms with Crippen LogP contribution in [-0.4, -0.2) is 39.1 Å². The Morgan fingerprint density at radius 2 is 2.12 bits per heavy atom. The molecule has 1 aromatic carbocycles. The molecule has 1 saturated heterocycles. The van der Waals surface area contributed by atoms with E-state index in [-0.39, 0.29) is 5.91 Å². The van der Waals surface area contributed by atoms with Gasteiger partial charge in [0.1, 0.15) is 0 Å². The number of aryl methyl sites for hydroxylation is 1. The zero-order valence-corrected chi connectivity index (χ0v) is 15.1. The molecule has 0 bridgehead atoms. The Hall–Kier alpha value is -1.49. The number of piperidine rings is 1. The number of nitrogens with zero attached hydrogens (tertiary/aromatic N) is 2.